The Morgan fingerprint density at radius 3 is 2.55 bits per heavy atom. The van der Waals surface area contributed by atoms with Crippen LogP contribution in [0, 0.1) is 0 Å². The van der Waals surface area contributed by atoms with E-state index in [9.17, 15) is 0 Å². The van der Waals surface area contributed by atoms with E-state index in [4.69, 9.17) is 16.6 Å². The van der Waals surface area contributed by atoms with E-state index in [1.54, 1.807) is 0 Å². The minimum atomic E-state index is 0.196. The van der Waals surface area contributed by atoms with Gasteiger partial charge in [0.25, 0.3) is 0 Å². The lowest BCUT2D eigenvalue weighted by molar-refractivity contribution is 0.303. The van der Waals surface area contributed by atoms with Gasteiger partial charge in [-0.3, -0.25) is 9.67 Å². The number of nitrogens with zero attached hydrogens (tertiary/aromatic N) is 6. The van der Waals surface area contributed by atoms with Crippen LogP contribution in [-0.2, 0) is 7.05 Å². The number of halogens is 1. The van der Waals surface area contributed by atoms with Gasteiger partial charge >= 0.3 is 0 Å². The molecule has 1 N–H and O–H groups in total. The van der Waals surface area contributed by atoms with E-state index in [2.05, 4.69) is 58.4 Å². The molecule has 2 heterocycles. The molecule has 1 aromatic carbocycles. The first kappa shape index (κ1) is 21.5. The van der Waals surface area contributed by atoms with Gasteiger partial charge in [-0.2, -0.15) is 5.10 Å². The molecule has 1 fully saturated rings. The van der Waals surface area contributed by atoms with E-state index in [1.807, 2.05) is 36.1 Å². The second-order valence-electron chi connectivity index (χ2n) is 7.55. The van der Waals surface area contributed by atoms with Crippen molar-refractivity contribution in [2.24, 2.45) is 12.0 Å². The topological polar surface area (TPSA) is 51.9 Å². The Hall–Kier alpha value is -2.25. The summed E-state index contributed by atoms with van der Waals surface area (Å²) in [5.74, 6) is 0.974. The normalized spacial score (nSPS) is 16.4. The van der Waals surface area contributed by atoms with E-state index < -0.39 is 0 Å². The van der Waals surface area contributed by atoms with Crippen LogP contribution in [0.2, 0.25) is 5.02 Å². The van der Waals surface area contributed by atoms with E-state index in [1.165, 1.54) is 5.56 Å². The minimum Gasteiger partial charge on any atom is -0.367 e. The van der Waals surface area contributed by atoms with Crippen molar-refractivity contribution in [1.82, 2.24) is 24.9 Å². The molecule has 1 aliphatic heterocycles. The number of hydrogen-bond donors (Lipinski definition) is 1. The Labute approximate surface area is 178 Å². The van der Waals surface area contributed by atoms with E-state index >= 15 is 0 Å². The number of benzene rings is 1. The van der Waals surface area contributed by atoms with E-state index in [-0.39, 0.29) is 6.04 Å². The van der Waals surface area contributed by atoms with Crippen LogP contribution >= 0.6 is 11.6 Å². The minimum absolute atomic E-state index is 0.196. The van der Waals surface area contributed by atoms with Gasteiger partial charge in [-0.25, -0.2) is 0 Å². The summed E-state index contributed by atoms with van der Waals surface area (Å²) in [5, 5.41) is 8.59. The number of likely N-dealkylation sites (N-methyl/N-ethyl adjacent to an activating group) is 1. The average molecular weight is 418 g/mol. The molecular weight excluding hydrogens is 386 g/mol. The molecule has 3 rings (SSSR count). The molecule has 1 atom stereocenters. The maximum absolute atomic E-state index is 6.38. The van der Waals surface area contributed by atoms with Crippen LogP contribution in [-0.4, -0.2) is 78.9 Å². The quantitative estimate of drug-likeness (QED) is 0.578. The smallest absolute Gasteiger partial charge is 0.194 e. The zero-order valence-electron chi connectivity index (χ0n) is 17.8. The van der Waals surface area contributed by atoms with Gasteiger partial charge in [-0.1, -0.05) is 23.7 Å². The Balaban J connectivity index is 1.67. The molecule has 1 saturated heterocycles. The molecule has 0 radical (unpaired) electrons. The van der Waals surface area contributed by atoms with Gasteiger partial charge < -0.3 is 20.0 Å². The number of piperazine rings is 1. The number of aromatic nitrogens is 2. The summed E-state index contributed by atoms with van der Waals surface area (Å²) in [6, 6.07) is 8.25. The van der Waals surface area contributed by atoms with Gasteiger partial charge in [0, 0.05) is 51.5 Å². The second-order valence-corrected chi connectivity index (χ2v) is 7.95. The first-order chi connectivity index (χ1) is 14.0. The van der Waals surface area contributed by atoms with Crippen LogP contribution in [0.5, 0.6) is 0 Å². The molecule has 29 heavy (non-hydrogen) atoms. The highest BCUT2D eigenvalue weighted by molar-refractivity contribution is 6.33. The van der Waals surface area contributed by atoms with Crippen molar-refractivity contribution in [2.45, 2.75) is 13.0 Å². The van der Waals surface area contributed by atoms with Gasteiger partial charge in [-0.15, -0.1) is 0 Å². The molecule has 2 aromatic rings. The predicted octanol–water partition coefficient (Wildman–Crippen LogP) is 2.46. The maximum Gasteiger partial charge on any atom is 0.194 e. The number of aliphatic imine (C=N–C) groups is 1. The number of hydrogen-bond acceptors (Lipinski definition) is 4. The number of rotatable bonds is 6. The summed E-state index contributed by atoms with van der Waals surface area (Å²) >= 11 is 6.38. The van der Waals surface area contributed by atoms with Crippen LogP contribution in [0.15, 0.2) is 41.7 Å². The molecule has 7 nitrogen and oxygen atoms in total. The number of guanidine groups is 1. The summed E-state index contributed by atoms with van der Waals surface area (Å²) in [6.45, 7) is 7.32. The molecule has 0 spiro atoms. The number of para-hydroxylation sites is 1. The Morgan fingerprint density at radius 2 is 1.97 bits per heavy atom. The molecule has 0 bridgehead atoms. The van der Waals surface area contributed by atoms with Crippen molar-refractivity contribution in [3.05, 3.63) is 47.2 Å². The third-order valence-electron chi connectivity index (χ3n) is 5.25. The third-order valence-corrected chi connectivity index (χ3v) is 5.57. The van der Waals surface area contributed by atoms with Gasteiger partial charge in [0.05, 0.1) is 29.5 Å². The Bertz CT molecular complexity index is 809. The molecule has 0 saturated carbocycles. The van der Waals surface area contributed by atoms with Crippen molar-refractivity contribution in [1.29, 1.82) is 0 Å². The van der Waals surface area contributed by atoms with Gasteiger partial charge in [0.1, 0.15) is 0 Å². The second kappa shape index (κ2) is 9.98. The fraction of sp³-hybridized carbons (Fsp3) is 0.524. The fourth-order valence-corrected chi connectivity index (χ4v) is 3.90. The molecular formula is C21H32ClN7. The van der Waals surface area contributed by atoms with Gasteiger partial charge in [-0.05, 0) is 33.2 Å². The van der Waals surface area contributed by atoms with Crippen molar-refractivity contribution in [2.75, 3.05) is 58.3 Å². The van der Waals surface area contributed by atoms with Gasteiger partial charge in [0.2, 0.25) is 0 Å². The highest BCUT2D eigenvalue weighted by atomic mass is 35.5. The highest BCUT2D eigenvalue weighted by Crippen LogP contribution is 2.26. The first-order valence-electron chi connectivity index (χ1n) is 10.2. The summed E-state index contributed by atoms with van der Waals surface area (Å²) in [5.41, 5.74) is 2.29. The van der Waals surface area contributed by atoms with Crippen LogP contribution in [0.25, 0.3) is 0 Å². The number of aryl methyl sites for hydroxylation is 1. The number of anilines is 1. The van der Waals surface area contributed by atoms with Crippen LogP contribution in [0.4, 0.5) is 5.69 Å². The molecule has 0 amide bonds. The molecule has 0 aliphatic carbocycles. The molecule has 1 unspecified atom stereocenters. The monoisotopic (exact) mass is 417 g/mol. The first-order valence-corrected chi connectivity index (χ1v) is 10.5. The largest absolute Gasteiger partial charge is 0.367 e. The van der Waals surface area contributed by atoms with E-state index in [0.717, 1.165) is 49.4 Å². The van der Waals surface area contributed by atoms with Crippen molar-refractivity contribution < 1.29 is 0 Å². The molecule has 1 aliphatic rings. The van der Waals surface area contributed by atoms with Crippen molar-refractivity contribution in [3.8, 4) is 0 Å². The molecule has 1 aromatic heterocycles. The Morgan fingerprint density at radius 1 is 1.24 bits per heavy atom. The predicted molar refractivity (Wildman–Crippen MR) is 121 cm³/mol. The third kappa shape index (κ3) is 5.42. The molecule has 158 valence electrons. The summed E-state index contributed by atoms with van der Waals surface area (Å²) in [4.78, 5) is 11.8. The standard InChI is InChI=1S/C21H32ClN7/c1-5-23-21(24-15-20(26(2)3)17-14-25-27(4)16-17)29-12-10-28(11-13-29)19-9-7-6-8-18(19)22/h6-9,14,16,20H,5,10-13,15H2,1-4H3,(H,23,24). The van der Waals surface area contributed by atoms with Crippen molar-refractivity contribution >= 4 is 23.2 Å². The average Bonchev–Trinajstić information content (AvgIpc) is 3.13. The SMILES string of the molecule is CCNC(=NCC(c1cnn(C)c1)N(C)C)N1CCN(c2ccccc2Cl)CC1. The van der Waals surface area contributed by atoms with Crippen molar-refractivity contribution in [3.63, 3.8) is 0 Å². The van der Waals surface area contributed by atoms with Crippen LogP contribution in [0.3, 0.4) is 0 Å². The lowest BCUT2D eigenvalue weighted by Crippen LogP contribution is -2.52. The lowest BCUT2D eigenvalue weighted by Gasteiger charge is -2.38. The van der Waals surface area contributed by atoms with Gasteiger partial charge in [0.15, 0.2) is 5.96 Å². The zero-order valence-corrected chi connectivity index (χ0v) is 18.6. The summed E-state index contributed by atoms with van der Waals surface area (Å²) in [6.07, 6.45) is 3.99. The van der Waals surface area contributed by atoms with E-state index in [0.29, 0.717) is 6.54 Å². The van der Waals surface area contributed by atoms with Crippen LogP contribution < -0.4 is 10.2 Å². The summed E-state index contributed by atoms with van der Waals surface area (Å²) < 4.78 is 1.84. The maximum atomic E-state index is 6.38. The summed E-state index contributed by atoms with van der Waals surface area (Å²) in [7, 11) is 6.12. The number of nitrogens with one attached hydrogen (secondary N) is 1. The lowest BCUT2D eigenvalue weighted by atomic mass is 10.1. The van der Waals surface area contributed by atoms with Crippen LogP contribution in [0.1, 0.15) is 18.5 Å². The zero-order chi connectivity index (χ0) is 20.8. The Kier molecular flexibility index (Phi) is 7.39. The highest BCUT2D eigenvalue weighted by Gasteiger charge is 2.22. The molecule has 8 heteroatoms. The fourth-order valence-electron chi connectivity index (χ4n) is 3.65.